The van der Waals surface area contributed by atoms with E-state index in [2.05, 4.69) is 9.47 Å². The average Bonchev–Trinajstić information content (AvgIpc) is 3.03. The number of esters is 2. The smallest absolute Gasteiger partial charge is 0.353 e. The molecule has 2 aliphatic rings. The number of benzene rings is 1. The molecular formula is C16H16N2O7S2. The predicted molar refractivity (Wildman–Crippen MR) is 94.9 cm³/mol. The van der Waals surface area contributed by atoms with Gasteiger partial charge in [0.2, 0.25) is 0 Å². The Balaban J connectivity index is 2.27. The van der Waals surface area contributed by atoms with Crippen LogP contribution in [-0.4, -0.2) is 54.4 Å². The van der Waals surface area contributed by atoms with Crippen LogP contribution >= 0.6 is 0 Å². The van der Waals surface area contributed by atoms with E-state index in [-0.39, 0.29) is 22.8 Å². The summed E-state index contributed by atoms with van der Waals surface area (Å²) in [5.41, 5.74) is 0.434. The number of fused-ring (bicyclic) bond motifs is 1. The normalized spacial score (nSPS) is 20.8. The van der Waals surface area contributed by atoms with Gasteiger partial charge in [0, 0.05) is 7.05 Å². The summed E-state index contributed by atoms with van der Waals surface area (Å²) in [7, 11) is -3.01. The molecule has 1 atom stereocenters. The van der Waals surface area contributed by atoms with Crippen LogP contribution in [0, 0.1) is 0 Å². The lowest BCUT2D eigenvalue weighted by Crippen LogP contribution is -2.28. The van der Waals surface area contributed by atoms with Crippen molar-refractivity contribution in [3.8, 4) is 0 Å². The van der Waals surface area contributed by atoms with Crippen LogP contribution in [-0.2, 0) is 46.6 Å². The zero-order valence-corrected chi connectivity index (χ0v) is 16.3. The monoisotopic (exact) mass is 412 g/mol. The Morgan fingerprint density at radius 1 is 1.04 bits per heavy atom. The molecule has 0 saturated carbocycles. The molecule has 1 aromatic rings. The summed E-state index contributed by atoms with van der Waals surface area (Å²) >= 11 is 0. The van der Waals surface area contributed by atoms with Gasteiger partial charge in [-0.3, -0.25) is 8.61 Å². The predicted octanol–water partition coefficient (Wildman–Crippen LogP) is 0.210. The maximum Gasteiger partial charge on any atom is 0.353 e. The molecule has 1 unspecified atom stereocenters. The molecule has 27 heavy (non-hydrogen) atoms. The van der Waals surface area contributed by atoms with Gasteiger partial charge in [-0.15, -0.1) is 0 Å². The molecule has 0 radical (unpaired) electrons. The van der Waals surface area contributed by atoms with E-state index >= 15 is 0 Å². The van der Waals surface area contributed by atoms with Crippen LogP contribution in [0.4, 0.5) is 0 Å². The lowest BCUT2D eigenvalue weighted by atomic mass is 10.2. The summed E-state index contributed by atoms with van der Waals surface area (Å²) in [6.45, 7) is 0.0105. The van der Waals surface area contributed by atoms with E-state index in [0.717, 1.165) is 18.5 Å². The first kappa shape index (κ1) is 19.1. The van der Waals surface area contributed by atoms with Crippen LogP contribution in [0.5, 0.6) is 0 Å². The largest absolute Gasteiger partial charge is 0.465 e. The molecule has 0 aromatic heterocycles. The third kappa shape index (κ3) is 2.82. The third-order valence-electron chi connectivity index (χ3n) is 4.12. The molecule has 0 aliphatic carbocycles. The molecule has 0 fully saturated rings. The highest BCUT2D eigenvalue weighted by molar-refractivity contribution is 7.95. The van der Waals surface area contributed by atoms with Gasteiger partial charge in [-0.1, -0.05) is 30.3 Å². The maximum absolute atomic E-state index is 13.0. The first-order chi connectivity index (χ1) is 12.8. The van der Waals surface area contributed by atoms with Crippen molar-refractivity contribution in [1.29, 1.82) is 0 Å². The Kier molecular flexibility index (Phi) is 4.82. The number of hydrogen-bond donors (Lipinski definition) is 0. The van der Waals surface area contributed by atoms with Crippen LogP contribution in [0.25, 0.3) is 0 Å². The number of carbonyl (C=O) groups is 2. The highest BCUT2D eigenvalue weighted by Gasteiger charge is 2.54. The molecular weight excluding hydrogens is 396 g/mol. The molecule has 144 valence electrons. The second-order valence-corrected chi connectivity index (χ2v) is 8.84. The molecule has 0 spiro atoms. The SMILES string of the molecule is COC(=O)C1=C2C(=C(C(=O)OC)S(=O)(=O)N2C)N(Cc2ccccc2)S1=O. The van der Waals surface area contributed by atoms with E-state index in [1.807, 2.05) is 0 Å². The van der Waals surface area contributed by atoms with E-state index in [9.17, 15) is 22.2 Å². The average molecular weight is 412 g/mol. The summed E-state index contributed by atoms with van der Waals surface area (Å²) in [4.78, 5) is 23.4. The summed E-state index contributed by atoms with van der Waals surface area (Å²) in [6.07, 6.45) is 0. The van der Waals surface area contributed by atoms with Gasteiger partial charge in [-0.05, 0) is 5.56 Å². The molecule has 9 nitrogen and oxygen atoms in total. The minimum absolute atomic E-state index is 0.0105. The van der Waals surface area contributed by atoms with Crippen LogP contribution in [0.15, 0.2) is 51.5 Å². The summed E-state index contributed by atoms with van der Waals surface area (Å²) in [5, 5.41) is 0. The van der Waals surface area contributed by atoms with Gasteiger partial charge in [0.1, 0.15) is 11.4 Å². The number of hydrogen-bond acceptors (Lipinski definition) is 7. The van der Waals surface area contributed by atoms with E-state index in [1.54, 1.807) is 30.3 Å². The molecule has 1 aromatic carbocycles. The Hall–Kier alpha value is -2.66. The van der Waals surface area contributed by atoms with Gasteiger partial charge in [0.05, 0.1) is 20.8 Å². The first-order valence-corrected chi connectivity index (χ1v) is 10.2. The summed E-state index contributed by atoms with van der Waals surface area (Å²) in [6, 6.07) is 8.81. The second-order valence-electron chi connectivity index (χ2n) is 5.58. The summed E-state index contributed by atoms with van der Waals surface area (Å²) in [5.74, 6) is -2.04. The number of ether oxygens (including phenoxy) is 2. The van der Waals surface area contributed by atoms with Crippen molar-refractivity contribution in [3.05, 3.63) is 57.1 Å². The van der Waals surface area contributed by atoms with Gasteiger partial charge in [-0.25, -0.2) is 22.2 Å². The van der Waals surface area contributed by atoms with Gasteiger partial charge in [-0.2, -0.15) is 0 Å². The number of likely N-dealkylation sites (N-methyl/N-ethyl adjacent to an activating group) is 1. The van der Waals surface area contributed by atoms with Crippen molar-refractivity contribution in [2.75, 3.05) is 21.3 Å². The number of sulfonamides is 1. The zero-order chi connectivity index (χ0) is 19.9. The molecule has 3 rings (SSSR count). The first-order valence-electron chi connectivity index (χ1n) is 7.63. The van der Waals surface area contributed by atoms with Crippen LogP contribution < -0.4 is 0 Å². The molecule has 2 aliphatic heterocycles. The standard InChI is InChI=1S/C16H16N2O7S2/c1-17-11-12(14(16(20)25-3)27(17,22)23)18(9-10-7-5-4-6-8-10)26(21)13(11)15(19)24-2/h4-8H,9H2,1-3H3. The zero-order valence-electron chi connectivity index (χ0n) is 14.7. The number of carbonyl (C=O) groups excluding carboxylic acids is 2. The highest BCUT2D eigenvalue weighted by atomic mass is 32.2. The minimum atomic E-state index is -4.26. The Bertz CT molecular complexity index is 1010. The molecule has 0 amide bonds. The number of nitrogens with zero attached hydrogens (tertiary/aromatic N) is 2. The molecule has 0 bridgehead atoms. The van der Waals surface area contributed by atoms with Gasteiger partial charge in [0.25, 0.3) is 10.0 Å². The van der Waals surface area contributed by atoms with E-state index in [4.69, 9.17) is 0 Å². The lowest BCUT2D eigenvalue weighted by molar-refractivity contribution is -0.136. The van der Waals surface area contributed by atoms with E-state index < -0.39 is 37.9 Å². The van der Waals surface area contributed by atoms with Crippen LogP contribution in [0.3, 0.4) is 0 Å². The van der Waals surface area contributed by atoms with Crippen LogP contribution in [0.1, 0.15) is 5.56 Å². The third-order valence-corrected chi connectivity index (χ3v) is 7.32. The fraction of sp³-hybridized carbons (Fsp3) is 0.250. The van der Waals surface area contributed by atoms with Crippen molar-refractivity contribution < 1.29 is 31.7 Å². The van der Waals surface area contributed by atoms with Crippen molar-refractivity contribution in [1.82, 2.24) is 8.61 Å². The minimum Gasteiger partial charge on any atom is -0.465 e. The topological polar surface area (TPSA) is 110 Å². The fourth-order valence-electron chi connectivity index (χ4n) is 2.84. The highest BCUT2D eigenvalue weighted by Crippen LogP contribution is 2.46. The summed E-state index contributed by atoms with van der Waals surface area (Å²) < 4.78 is 49.7. The van der Waals surface area contributed by atoms with Crippen molar-refractivity contribution in [3.63, 3.8) is 0 Å². The molecule has 11 heteroatoms. The van der Waals surface area contributed by atoms with Crippen molar-refractivity contribution in [2.45, 2.75) is 6.54 Å². The molecule has 0 N–H and O–H groups in total. The lowest BCUT2D eigenvalue weighted by Gasteiger charge is -2.19. The Morgan fingerprint density at radius 2 is 1.63 bits per heavy atom. The van der Waals surface area contributed by atoms with E-state index in [0.29, 0.717) is 5.56 Å². The fourth-order valence-corrected chi connectivity index (χ4v) is 5.84. The number of methoxy groups -OCH3 is 2. The van der Waals surface area contributed by atoms with Gasteiger partial charge in [0.15, 0.2) is 20.8 Å². The molecule has 0 saturated heterocycles. The Labute approximate surface area is 158 Å². The van der Waals surface area contributed by atoms with Crippen molar-refractivity contribution >= 4 is 32.9 Å². The Morgan fingerprint density at radius 3 is 2.19 bits per heavy atom. The van der Waals surface area contributed by atoms with E-state index in [1.165, 1.54) is 11.4 Å². The quantitative estimate of drug-likeness (QED) is 0.650. The van der Waals surface area contributed by atoms with Crippen molar-refractivity contribution in [2.24, 2.45) is 0 Å². The second kappa shape index (κ2) is 6.82. The maximum atomic E-state index is 13.0. The molecule has 2 heterocycles. The number of rotatable bonds is 4. The van der Waals surface area contributed by atoms with Gasteiger partial charge >= 0.3 is 11.9 Å². The van der Waals surface area contributed by atoms with Gasteiger partial charge < -0.3 is 9.47 Å². The van der Waals surface area contributed by atoms with Crippen LogP contribution in [0.2, 0.25) is 0 Å².